The second kappa shape index (κ2) is 7.29. The lowest BCUT2D eigenvalue weighted by Gasteiger charge is -2.21. The Morgan fingerprint density at radius 2 is 1.76 bits per heavy atom. The van der Waals surface area contributed by atoms with E-state index in [2.05, 4.69) is 17.0 Å². The molecule has 21 heavy (non-hydrogen) atoms. The van der Waals surface area contributed by atoms with Gasteiger partial charge in [0, 0.05) is 25.4 Å². The maximum Gasteiger partial charge on any atom is 0.328 e. The molecule has 3 heteroatoms. The van der Waals surface area contributed by atoms with Gasteiger partial charge in [0.25, 0.3) is 0 Å². The van der Waals surface area contributed by atoms with Gasteiger partial charge in [-0.1, -0.05) is 48.5 Å². The molecule has 0 unspecified atom stereocenters. The average molecular weight is 281 g/mol. The van der Waals surface area contributed by atoms with Gasteiger partial charge in [-0.15, -0.1) is 0 Å². The Hall–Kier alpha value is -2.55. The quantitative estimate of drug-likeness (QED) is 0.824. The highest BCUT2D eigenvalue weighted by molar-refractivity contribution is 5.86. The number of hydrogen-bond acceptors (Lipinski definition) is 2. The first-order valence-corrected chi connectivity index (χ1v) is 6.92. The molecule has 1 N–H and O–H groups in total. The fourth-order valence-corrected chi connectivity index (χ4v) is 2.20. The molecule has 2 aromatic carbocycles. The Balaban J connectivity index is 2.08. The molecule has 3 nitrogen and oxygen atoms in total. The lowest BCUT2D eigenvalue weighted by molar-refractivity contribution is -0.131. The third kappa shape index (κ3) is 4.49. The van der Waals surface area contributed by atoms with E-state index >= 15 is 0 Å². The number of carbonyl (C=O) groups is 1. The Kier molecular flexibility index (Phi) is 5.16. The summed E-state index contributed by atoms with van der Waals surface area (Å²) in [6.07, 6.45) is 3.76. The van der Waals surface area contributed by atoms with Gasteiger partial charge in [0.1, 0.15) is 0 Å². The highest BCUT2D eigenvalue weighted by Crippen LogP contribution is 2.20. The fourth-order valence-electron chi connectivity index (χ4n) is 2.20. The van der Waals surface area contributed by atoms with E-state index < -0.39 is 5.97 Å². The van der Waals surface area contributed by atoms with Crippen molar-refractivity contribution in [3.8, 4) is 0 Å². The van der Waals surface area contributed by atoms with Crippen molar-refractivity contribution >= 4 is 17.7 Å². The predicted octanol–water partition coefficient (Wildman–Crippen LogP) is 3.46. The van der Waals surface area contributed by atoms with Crippen LogP contribution in [0.3, 0.4) is 0 Å². The third-order valence-corrected chi connectivity index (χ3v) is 3.33. The van der Waals surface area contributed by atoms with E-state index in [-0.39, 0.29) is 0 Å². The normalized spacial score (nSPS) is 10.7. The van der Waals surface area contributed by atoms with Gasteiger partial charge >= 0.3 is 5.97 Å². The molecule has 0 bridgehead atoms. The lowest BCUT2D eigenvalue weighted by atomic mass is 10.1. The van der Waals surface area contributed by atoms with Crippen LogP contribution in [0.25, 0.3) is 6.08 Å². The number of anilines is 1. The molecule has 108 valence electrons. The molecular weight excluding hydrogens is 262 g/mol. The molecule has 0 fully saturated rings. The summed E-state index contributed by atoms with van der Waals surface area (Å²) in [6.45, 7) is 0.877. The van der Waals surface area contributed by atoms with Crippen molar-refractivity contribution in [2.24, 2.45) is 0 Å². The number of likely N-dealkylation sites (N-methyl/N-ethyl adjacent to an activating group) is 1. The van der Waals surface area contributed by atoms with E-state index in [1.807, 2.05) is 49.5 Å². The van der Waals surface area contributed by atoms with Crippen LogP contribution in [0.1, 0.15) is 11.1 Å². The molecule has 0 saturated heterocycles. The minimum absolute atomic E-state index is 0.877. The summed E-state index contributed by atoms with van der Waals surface area (Å²) < 4.78 is 0. The molecular formula is C18H19NO2. The zero-order valence-electron chi connectivity index (χ0n) is 12.1. The number of hydrogen-bond donors (Lipinski definition) is 1. The van der Waals surface area contributed by atoms with E-state index in [0.29, 0.717) is 0 Å². The van der Waals surface area contributed by atoms with Gasteiger partial charge in [0.05, 0.1) is 0 Å². The van der Waals surface area contributed by atoms with Crippen LogP contribution >= 0.6 is 0 Å². The summed E-state index contributed by atoms with van der Waals surface area (Å²) in [5.41, 5.74) is 3.24. The van der Waals surface area contributed by atoms with Crippen molar-refractivity contribution in [3.63, 3.8) is 0 Å². The van der Waals surface area contributed by atoms with Crippen LogP contribution in [-0.4, -0.2) is 24.7 Å². The molecule has 2 aromatic rings. The van der Waals surface area contributed by atoms with Gasteiger partial charge in [0.15, 0.2) is 0 Å². The predicted molar refractivity (Wildman–Crippen MR) is 86.5 cm³/mol. The Bertz CT molecular complexity index is 620. The van der Waals surface area contributed by atoms with E-state index in [1.165, 1.54) is 11.6 Å². The maximum absolute atomic E-state index is 10.7. The minimum atomic E-state index is -0.934. The van der Waals surface area contributed by atoms with Gasteiger partial charge in [-0.2, -0.15) is 0 Å². The van der Waals surface area contributed by atoms with Crippen LogP contribution in [0, 0.1) is 0 Å². The summed E-state index contributed by atoms with van der Waals surface area (Å²) in [5, 5.41) is 8.76. The maximum atomic E-state index is 10.7. The molecule has 0 spiro atoms. The van der Waals surface area contributed by atoms with E-state index in [9.17, 15) is 4.79 Å². The number of aliphatic carboxylic acids is 1. The summed E-state index contributed by atoms with van der Waals surface area (Å²) in [7, 11) is 2.02. The van der Waals surface area contributed by atoms with Gasteiger partial charge in [-0.3, -0.25) is 0 Å². The number of nitrogens with zero attached hydrogens (tertiary/aromatic N) is 1. The molecule has 0 radical (unpaired) electrons. The van der Waals surface area contributed by atoms with Crippen molar-refractivity contribution < 1.29 is 9.90 Å². The number of rotatable bonds is 6. The third-order valence-electron chi connectivity index (χ3n) is 3.33. The van der Waals surface area contributed by atoms with Crippen molar-refractivity contribution in [2.45, 2.75) is 6.42 Å². The largest absolute Gasteiger partial charge is 0.478 e. The molecule has 0 saturated carbocycles. The van der Waals surface area contributed by atoms with Gasteiger partial charge in [-0.05, 0) is 29.7 Å². The monoisotopic (exact) mass is 281 g/mol. The zero-order chi connectivity index (χ0) is 15.1. The smallest absolute Gasteiger partial charge is 0.328 e. The molecule has 0 atom stereocenters. The van der Waals surface area contributed by atoms with Crippen LogP contribution in [0.2, 0.25) is 0 Å². The van der Waals surface area contributed by atoms with Crippen molar-refractivity contribution in [3.05, 3.63) is 71.8 Å². The van der Waals surface area contributed by atoms with Gasteiger partial charge in [0.2, 0.25) is 0 Å². The Morgan fingerprint density at radius 1 is 1.10 bits per heavy atom. The molecule has 0 aliphatic rings. The Labute approximate surface area is 125 Å². The molecule has 0 aromatic heterocycles. The number of carboxylic acids is 1. The van der Waals surface area contributed by atoms with Gasteiger partial charge < -0.3 is 10.0 Å². The second-order valence-electron chi connectivity index (χ2n) is 4.89. The molecule has 0 aliphatic carbocycles. The van der Waals surface area contributed by atoms with Crippen molar-refractivity contribution in [2.75, 3.05) is 18.5 Å². The van der Waals surface area contributed by atoms with Crippen LogP contribution in [0.5, 0.6) is 0 Å². The van der Waals surface area contributed by atoms with Crippen LogP contribution in [0.15, 0.2) is 60.7 Å². The van der Waals surface area contributed by atoms with Crippen LogP contribution in [-0.2, 0) is 11.2 Å². The summed E-state index contributed by atoms with van der Waals surface area (Å²) >= 11 is 0. The molecule has 0 heterocycles. The first-order valence-electron chi connectivity index (χ1n) is 6.92. The number of benzene rings is 2. The SMILES string of the molecule is CN(CCc1ccccc1)c1ccccc1C=CC(=O)O. The standard InChI is InChI=1S/C18H19NO2/c1-19(14-13-15-7-3-2-4-8-15)17-10-6-5-9-16(17)11-12-18(20)21/h2-12H,13-14H2,1H3,(H,20,21). The second-order valence-corrected chi connectivity index (χ2v) is 4.89. The Morgan fingerprint density at radius 3 is 2.48 bits per heavy atom. The van der Waals surface area contributed by atoms with Gasteiger partial charge in [-0.25, -0.2) is 4.79 Å². The highest BCUT2D eigenvalue weighted by Gasteiger charge is 2.05. The fraction of sp³-hybridized carbons (Fsp3) is 0.167. The zero-order valence-corrected chi connectivity index (χ0v) is 12.1. The first kappa shape index (κ1) is 14.9. The molecule has 0 amide bonds. The minimum Gasteiger partial charge on any atom is -0.478 e. The number of para-hydroxylation sites is 1. The molecule has 0 aliphatic heterocycles. The highest BCUT2D eigenvalue weighted by atomic mass is 16.4. The van der Waals surface area contributed by atoms with Crippen molar-refractivity contribution in [1.29, 1.82) is 0 Å². The lowest BCUT2D eigenvalue weighted by Crippen LogP contribution is -2.21. The summed E-state index contributed by atoms with van der Waals surface area (Å²) in [5.74, 6) is -0.934. The van der Waals surface area contributed by atoms with E-state index in [0.717, 1.165) is 24.2 Å². The van der Waals surface area contributed by atoms with E-state index in [4.69, 9.17) is 5.11 Å². The van der Waals surface area contributed by atoms with Crippen LogP contribution in [0.4, 0.5) is 5.69 Å². The number of carboxylic acid groups (broad SMARTS) is 1. The van der Waals surface area contributed by atoms with Crippen molar-refractivity contribution in [1.82, 2.24) is 0 Å². The average Bonchev–Trinajstić information content (AvgIpc) is 2.52. The van der Waals surface area contributed by atoms with E-state index in [1.54, 1.807) is 6.08 Å². The molecule has 2 rings (SSSR count). The first-order chi connectivity index (χ1) is 10.2. The summed E-state index contributed by atoms with van der Waals surface area (Å²) in [4.78, 5) is 12.8. The topological polar surface area (TPSA) is 40.5 Å². The van der Waals surface area contributed by atoms with Crippen LogP contribution < -0.4 is 4.90 Å². The summed E-state index contributed by atoms with van der Waals surface area (Å²) in [6, 6.07) is 18.1.